The van der Waals surface area contributed by atoms with E-state index in [1.54, 1.807) is 4.90 Å². The third-order valence-corrected chi connectivity index (χ3v) is 7.61. The predicted octanol–water partition coefficient (Wildman–Crippen LogP) is 7.77. The van der Waals surface area contributed by atoms with Crippen LogP contribution in [0.1, 0.15) is 109 Å². The van der Waals surface area contributed by atoms with Gasteiger partial charge in [-0.3, -0.25) is 19.4 Å². The topological polar surface area (TPSA) is 69.7 Å². The highest BCUT2D eigenvalue weighted by atomic mass is 16.2. The van der Waals surface area contributed by atoms with Crippen LogP contribution >= 0.6 is 0 Å². The highest BCUT2D eigenvalue weighted by Gasteiger charge is 2.57. The first-order chi connectivity index (χ1) is 18.1. The smallest absolute Gasteiger partial charge is 0.324 e. The molecule has 0 spiro atoms. The van der Waals surface area contributed by atoms with Gasteiger partial charge in [0.05, 0.1) is 0 Å². The molecule has 6 nitrogen and oxygen atoms in total. The van der Waals surface area contributed by atoms with Crippen molar-refractivity contribution in [1.82, 2.24) is 4.90 Å². The zero-order valence-corrected chi connectivity index (χ0v) is 24.3. The lowest BCUT2D eigenvalue weighted by Crippen LogP contribution is -2.50. The zero-order valence-electron chi connectivity index (χ0n) is 24.3. The van der Waals surface area contributed by atoms with Crippen LogP contribution in [-0.2, 0) is 9.59 Å². The number of aryl methyl sites for hydroxylation is 1. The maximum Gasteiger partial charge on any atom is 0.332 e. The van der Waals surface area contributed by atoms with E-state index in [2.05, 4.69) is 46.9 Å². The molecular formula is C32H45N3O3. The van der Waals surface area contributed by atoms with Gasteiger partial charge in [-0.05, 0) is 54.9 Å². The molecule has 0 bridgehead atoms. The lowest BCUT2D eigenvalue weighted by molar-refractivity contribution is -0.134. The molecule has 206 valence electrons. The van der Waals surface area contributed by atoms with E-state index in [1.165, 1.54) is 4.90 Å². The molecule has 0 atom stereocenters. The van der Waals surface area contributed by atoms with Gasteiger partial charge in [0.1, 0.15) is 12.1 Å². The average molecular weight is 520 g/mol. The number of unbranched alkanes of at least 4 members (excludes halogenated alkanes) is 2. The molecule has 2 aromatic carbocycles. The summed E-state index contributed by atoms with van der Waals surface area (Å²) in [5.74, 6) is -0.188. The number of hydrogen-bond acceptors (Lipinski definition) is 3. The maximum absolute atomic E-state index is 14.1. The van der Waals surface area contributed by atoms with Gasteiger partial charge in [0, 0.05) is 11.4 Å². The van der Waals surface area contributed by atoms with Crippen LogP contribution < -0.4 is 10.2 Å². The molecule has 0 radical (unpaired) electrons. The van der Waals surface area contributed by atoms with Gasteiger partial charge in [0.15, 0.2) is 0 Å². The molecule has 1 heterocycles. The van der Waals surface area contributed by atoms with Crippen molar-refractivity contribution in [3.05, 3.63) is 59.2 Å². The Morgan fingerprint density at radius 3 is 1.87 bits per heavy atom. The quantitative estimate of drug-likeness (QED) is 0.291. The van der Waals surface area contributed by atoms with Crippen molar-refractivity contribution < 1.29 is 14.4 Å². The van der Waals surface area contributed by atoms with Crippen LogP contribution in [0.5, 0.6) is 0 Å². The van der Waals surface area contributed by atoms with Crippen LogP contribution in [0.3, 0.4) is 0 Å². The average Bonchev–Trinajstić information content (AvgIpc) is 3.08. The Hall–Kier alpha value is -3.15. The molecule has 6 heteroatoms. The van der Waals surface area contributed by atoms with Crippen molar-refractivity contribution in [3.63, 3.8) is 0 Å². The van der Waals surface area contributed by atoms with Crippen LogP contribution in [0.25, 0.3) is 0 Å². The first-order valence-corrected chi connectivity index (χ1v) is 14.2. The van der Waals surface area contributed by atoms with Crippen LogP contribution in [0.4, 0.5) is 16.2 Å². The van der Waals surface area contributed by atoms with Crippen molar-refractivity contribution >= 4 is 29.2 Å². The van der Waals surface area contributed by atoms with Gasteiger partial charge < -0.3 is 5.32 Å². The van der Waals surface area contributed by atoms with E-state index in [1.807, 2.05) is 49.4 Å². The summed E-state index contributed by atoms with van der Waals surface area (Å²) in [5, 5.41) is 3.08. The molecule has 0 aliphatic carbocycles. The SMILES string of the molecule is CCCCC1(CCCC)C(=O)N(CC(=O)Nc2c(C(C)C)cccc2C(C)C)C(=O)N1c1ccc(C)cc1. The second-order valence-corrected chi connectivity index (χ2v) is 11.3. The maximum atomic E-state index is 14.1. The Morgan fingerprint density at radius 1 is 0.868 bits per heavy atom. The molecule has 0 aromatic heterocycles. The van der Waals surface area contributed by atoms with Crippen molar-refractivity contribution in [3.8, 4) is 0 Å². The van der Waals surface area contributed by atoms with E-state index in [9.17, 15) is 14.4 Å². The largest absolute Gasteiger partial charge is 0.332 e. The van der Waals surface area contributed by atoms with Crippen molar-refractivity contribution in [1.29, 1.82) is 0 Å². The highest BCUT2D eigenvalue weighted by Crippen LogP contribution is 2.41. The van der Waals surface area contributed by atoms with Crippen LogP contribution in [0.2, 0.25) is 0 Å². The van der Waals surface area contributed by atoms with Gasteiger partial charge in [-0.1, -0.05) is 103 Å². The molecule has 1 fully saturated rings. The van der Waals surface area contributed by atoms with Crippen molar-refractivity contribution in [2.45, 2.75) is 104 Å². The Bertz CT molecular complexity index is 1100. The number of anilines is 2. The summed E-state index contributed by atoms with van der Waals surface area (Å²) in [5.41, 5.74) is 3.70. The minimum atomic E-state index is -0.975. The van der Waals surface area contributed by atoms with E-state index < -0.39 is 11.6 Å². The van der Waals surface area contributed by atoms with Crippen LogP contribution in [-0.4, -0.2) is 34.8 Å². The number of carbonyl (C=O) groups excluding carboxylic acids is 3. The zero-order chi connectivity index (χ0) is 28.0. The van der Waals surface area contributed by atoms with E-state index in [-0.39, 0.29) is 30.2 Å². The summed E-state index contributed by atoms with van der Waals surface area (Å²) in [6.45, 7) is 14.3. The molecule has 38 heavy (non-hydrogen) atoms. The molecule has 1 aliphatic rings. The number of rotatable bonds is 12. The molecule has 2 aromatic rings. The Morgan fingerprint density at radius 2 is 1.39 bits per heavy atom. The lowest BCUT2D eigenvalue weighted by atomic mass is 9.85. The summed E-state index contributed by atoms with van der Waals surface area (Å²) in [4.78, 5) is 44.4. The fraction of sp³-hybridized carbons (Fsp3) is 0.531. The van der Waals surface area contributed by atoms with Crippen LogP contribution in [0, 0.1) is 6.92 Å². The number of urea groups is 1. The fourth-order valence-electron chi connectivity index (χ4n) is 5.45. The molecule has 4 amide bonds. The van der Waals surface area contributed by atoms with E-state index in [4.69, 9.17) is 0 Å². The number of benzene rings is 2. The van der Waals surface area contributed by atoms with E-state index in [0.717, 1.165) is 48.1 Å². The molecule has 3 rings (SSSR count). The van der Waals surface area contributed by atoms with E-state index >= 15 is 0 Å². The van der Waals surface area contributed by atoms with Gasteiger partial charge in [-0.25, -0.2) is 4.79 Å². The first-order valence-electron chi connectivity index (χ1n) is 14.2. The molecule has 0 saturated carbocycles. The molecular weight excluding hydrogens is 474 g/mol. The number of nitrogens with one attached hydrogen (secondary N) is 1. The molecule has 1 saturated heterocycles. The summed E-state index contributed by atoms with van der Waals surface area (Å²) in [7, 11) is 0. The van der Waals surface area contributed by atoms with Crippen molar-refractivity contribution in [2.24, 2.45) is 0 Å². The number of nitrogens with zero attached hydrogens (tertiary/aromatic N) is 2. The summed E-state index contributed by atoms with van der Waals surface area (Å²) in [6.07, 6.45) is 4.64. The number of hydrogen-bond donors (Lipinski definition) is 1. The third kappa shape index (κ3) is 5.95. The lowest BCUT2D eigenvalue weighted by Gasteiger charge is -2.35. The minimum Gasteiger partial charge on any atom is -0.324 e. The number of carbonyl (C=O) groups is 3. The summed E-state index contributed by atoms with van der Waals surface area (Å²) >= 11 is 0. The second-order valence-electron chi connectivity index (χ2n) is 11.3. The molecule has 0 unspecified atom stereocenters. The van der Waals surface area contributed by atoms with Gasteiger partial charge in [0.2, 0.25) is 5.91 Å². The predicted molar refractivity (Wildman–Crippen MR) is 156 cm³/mol. The second kappa shape index (κ2) is 12.6. The Kier molecular flexibility index (Phi) is 9.75. The first kappa shape index (κ1) is 29.4. The third-order valence-electron chi connectivity index (χ3n) is 7.61. The highest BCUT2D eigenvalue weighted by molar-refractivity contribution is 6.18. The minimum absolute atomic E-state index is 0.215. The normalized spacial score (nSPS) is 15.2. The Labute approximate surface area is 228 Å². The molecule has 1 N–H and O–H groups in total. The van der Waals surface area contributed by atoms with Gasteiger partial charge >= 0.3 is 6.03 Å². The number of imide groups is 1. The summed E-state index contributed by atoms with van der Waals surface area (Å²) in [6, 6.07) is 13.4. The fourth-order valence-corrected chi connectivity index (χ4v) is 5.45. The van der Waals surface area contributed by atoms with Gasteiger partial charge in [-0.2, -0.15) is 0 Å². The van der Waals surface area contributed by atoms with Gasteiger partial charge in [0.25, 0.3) is 5.91 Å². The van der Waals surface area contributed by atoms with E-state index in [0.29, 0.717) is 18.5 Å². The summed E-state index contributed by atoms with van der Waals surface area (Å²) < 4.78 is 0. The number of amides is 4. The Balaban J connectivity index is 1.99. The number of para-hydroxylation sites is 1. The van der Waals surface area contributed by atoms with Crippen molar-refractivity contribution in [2.75, 3.05) is 16.8 Å². The standard InChI is InChI=1S/C32H45N3O3/c1-8-10-19-32(20-11-9-2)30(37)34(31(38)35(32)25-17-15-24(7)16-18-25)21-28(36)33-29-26(22(3)4)13-12-14-27(29)23(5)6/h12-18,22-23H,8-11,19-21H2,1-7H3,(H,33,36). The van der Waals surface area contributed by atoms with Gasteiger partial charge in [-0.15, -0.1) is 0 Å². The monoisotopic (exact) mass is 519 g/mol. The van der Waals surface area contributed by atoms with Crippen LogP contribution in [0.15, 0.2) is 42.5 Å². The molecule has 1 aliphatic heterocycles.